The third kappa shape index (κ3) is 6.74. The Hall–Kier alpha value is -1.29. The van der Waals surface area contributed by atoms with Crippen molar-refractivity contribution in [1.29, 1.82) is 0 Å². The molecule has 0 rings (SSSR count). The van der Waals surface area contributed by atoms with Crippen LogP contribution in [-0.4, -0.2) is 25.6 Å². The van der Waals surface area contributed by atoms with Crippen LogP contribution in [0.4, 0.5) is 0 Å². The van der Waals surface area contributed by atoms with E-state index in [-0.39, 0.29) is 11.9 Å². The van der Waals surface area contributed by atoms with E-state index in [1.807, 2.05) is 0 Å². The zero-order valence-corrected chi connectivity index (χ0v) is 9.29. The summed E-state index contributed by atoms with van der Waals surface area (Å²) in [6, 6.07) is -0.120. The molecule has 0 aliphatic carbocycles. The van der Waals surface area contributed by atoms with Crippen LogP contribution in [0.15, 0.2) is 25.0 Å². The first-order chi connectivity index (χ1) is 7.11. The number of amides is 1. The van der Waals surface area contributed by atoms with Crippen LogP contribution in [0.25, 0.3) is 0 Å². The number of rotatable bonds is 8. The second kappa shape index (κ2) is 8.05. The van der Waals surface area contributed by atoms with Crippen molar-refractivity contribution in [2.24, 2.45) is 5.73 Å². The van der Waals surface area contributed by atoms with Gasteiger partial charge in [0.05, 0.1) is 13.2 Å². The molecular formula is C11H20N2O2. The molecule has 0 unspecified atom stereocenters. The quantitative estimate of drug-likeness (QED) is 0.357. The highest BCUT2D eigenvalue weighted by atomic mass is 16.5. The molecule has 0 spiro atoms. The highest BCUT2D eigenvalue weighted by molar-refractivity contribution is 5.86. The number of carbonyl (C=O) groups excluding carboxylic acids is 1. The lowest BCUT2D eigenvalue weighted by atomic mass is 10.1. The number of nitrogens with two attached hydrogens (primary N) is 1. The maximum absolute atomic E-state index is 10.8. The van der Waals surface area contributed by atoms with E-state index in [4.69, 9.17) is 10.5 Å². The fraction of sp³-hybridized carbons (Fsp3) is 0.545. The highest BCUT2D eigenvalue weighted by Gasteiger charge is 2.06. The molecule has 1 atom stereocenters. The van der Waals surface area contributed by atoms with Gasteiger partial charge in [0.1, 0.15) is 5.76 Å². The number of nitrogens with one attached hydrogen (secondary N) is 1. The van der Waals surface area contributed by atoms with E-state index < -0.39 is 0 Å². The third-order valence-electron chi connectivity index (χ3n) is 2.10. The van der Waals surface area contributed by atoms with Gasteiger partial charge in [0.15, 0.2) is 0 Å². The molecule has 0 heterocycles. The Balaban J connectivity index is 3.42. The van der Waals surface area contributed by atoms with Gasteiger partial charge < -0.3 is 15.8 Å². The second-order valence-corrected chi connectivity index (χ2v) is 3.27. The van der Waals surface area contributed by atoms with Gasteiger partial charge in [-0.25, -0.2) is 0 Å². The zero-order valence-electron chi connectivity index (χ0n) is 9.29. The Bertz CT molecular complexity index is 227. The summed E-state index contributed by atoms with van der Waals surface area (Å²) in [4.78, 5) is 10.8. The molecule has 0 aliphatic heterocycles. The lowest BCUT2D eigenvalue weighted by Crippen LogP contribution is -2.25. The molecule has 0 aromatic rings. The molecule has 0 aromatic heterocycles. The topological polar surface area (TPSA) is 64.4 Å². The normalized spacial score (nSPS) is 11.6. The Labute approximate surface area is 91.2 Å². The Morgan fingerprint density at radius 2 is 2.27 bits per heavy atom. The molecular weight excluding hydrogens is 192 g/mol. The van der Waals surface area contributed by atoms with Crippen molar-refractivity contribution >= 4 is 5.91 Å². The fourth-order valence-corrected chi connectivity index (χ4v) is 1.09. The summed E-state index contributed by atoms with van der Waals surface area (Å²) in [7, 11) is 1.56. The van der Waals surface area contributed by atoms with Gasteiger partial charge in [0.25, 0.3) is 0 Å². The first-order valence-corrected chi connectivity index (χ1v) is 5.00. The molecule has 0 saturated heterocycles. The van der Waals surface area contributed by atoms with Crippen LogP contribution in [-0.2, 0) is 9.53 Å². The third-order valence-corrected chi connectivity index (χ3v) is 2.10. The number of carbonyl (C=O) groups is 1. The SMILES string of the molecule is C=CC(=O)NCCCC[C@H](N)C(=C)OC. The van der Waals surface area contributed by atoms with Crippen molar-refractivity contribution in [3.63, 3.8) is 0 Å². The largest absolute Gasteiger partial charge is 0.500 e. The highest BCUT2D eigenvalue weighted by Crippen LogP contribution is 2.06. The summed E-state index contributed by atoms with van der Waals surface area (Å²) >= 11 is 0. The van der Waals surface area contributed by atoms with Gasteiger partial charge in [-0.3, -0.25) is 4.79 Å². The lowest BCUT2D eigenvalue weighted by molar-refractivity contribution is -0.116. The molecule has 1 amide bonds. The van der Waals surface area contributed by atoms with E-state index in [1.54, 1.807) is 7.11 Å². The van der Waals surface area contributed by atoms with Gasteiger partial charge >= 0.3 is 0 Å². The minimum absolute atomic E-state index is 0.120. The van der Waals surface area contributed by atoms with Gasteiger partial charge in [-0.1, -0.05) is 13.2 Å². The number of hydrogen-bond acceptors (Lipinski definition) is 3. The average molecular weight is 212 g/mol. The minimum Gasteiger partial charge on any atom is -0.500 e. The minimum atomic E-state index is -0.138. The molecule has 0 fully saturated rings. The molecule has 86 valence electrons. The van der Waals surface area contributed by atoms with E-state index in [1.165, 1.54) is 6.08 Å². The maximum atomic E-state index is 10.8. The molecule has 0 bridgehead atoms. The monoisotopic (exact) mass is 212 g/mol. The molecule has 0 radical (unpaired) electrons. The Morgan fingerprint density at radius 1 is 1.60 bits per heavy atom. The Kier molecular flexibility index (Phi) is 7.36. The van der Waals surface area contributed by atoms with Crippen molar-refractivity contribution in [3.05, 3.63) is 25.0 Å². The van der Waals surface area contributed by atoms with Crippen LogP contribution in [0.1, 0.15) is 19.3 Å². The molecule has 4 heteroatoms. The summed E-state index contributed by atoms with van der Waals surface area (Å²) in [5.41, 5.74) is 5.77. The van der Waals surface area contributed by atoms with Crippen LogP contribution in [0.2, 0.25) is 0 Å². The number of hydrogen-bond donors (Lipinski definition) is 2. The van der Waals surface area contributed by atoms with Crippen molar-refractivity contribution < 1.29 is 9.53 Å². The fourth-order valence-electron chi connectivity index (χ4n) is 1.09. The van der Waals surface area contributed by atoms with Crippen LogP contribution in [0, 0.1) is 0 Å². The van der Waals surface area contributed by atoms with E-state index in [0.717, 1.165) is 19.3 Å². The van der Waals surface area contributed by atoms with E-state index in [9.17, 15) is 4.79 Å². The van der Waals surface area contributed by atoms with E-state index >= 15 is 0 Å². The van der Waals surface area contributed by atoms with E-state index in [2.05, 4.69) is 18.5 Å². The predicted octanol–water partition coefficient (Wildman–Crippen LogP) is 0.946. The van der Waals surface area contributed by atoms with Crippen LogP contribution >= 0.6 is 0 Å². The molecule has 0 aromatic carbocycles. The molecule has 0 saturated carbocycles. The summed E-state index contributed by atoms with van der Waals surface area (Å²) in [6.45, 7) is 7.69. The average Bonchev–Trinajstić information content (AvgIpc) is 2.26. The molecule has 15 heavy (non-hydrogen) atoms. The lowest BCUT2D eigenvalue weighted by Gasteiger charge is -2.12. The first-order valence-electron chi connectivity index (χ1n) is 5.00. The van der Waals surface area contributed by atoms with Gasteiger partial charge in [0, 0.05) is 6.54 Å². The van der Waals surface area contributed by atoms with Gasteiger partial charge in [-0.05, 0) is 25.3 Å². The standard InChI is InChI=1S/C11H20N2O2/c1-4-11(14)13-8-6-5-7-10(12)9(2)15-3/h4,10H,1-2,5-8,12H2,3H3,(H,13,14)/t10-/m0/s1. The zero-order chi connectivity index (χ0) is 11.7. The van der Waals surface area contributed by atoms with Crippen LogP contribution in [0.3, 0.4) is 0 Å². The summed E-state index contributed by atoms with van der Waals surface area (Å²) < 4.78 is 4.92. The number of methoxy groups -OCH3 is 1. The van der Waals surface area contributed by atoms with Gasteiger partial charge in [-0.15, -0.1) is 0 Å². The summed E-state index contributed by atoms with van der Waals surface area (Å²) in [6.07, 6.45) is 3.90. The smallest absolute Gasteiger partial charge is 0.243 e. The van der Waals surface area contributed by atoms with Crippen molar-refractivity contribution in [2.75, 3.05) is 13.7 Å². The molecule has 4 nitrogen and oxygen atoms in total. The number of unbranched alkanes of at least 4 members (excludes halogenated alkanes) is 1. The number of ether oxygens (including phenoxy) is 1. The Morgan fingerprint density at radius 3 is 2.80 bits per heavy atom. The molecule has 0 aliphatic rings. The van der Waals surface area contributed by atoms with Crippen molar-refractivity contribution in [3.8, 4) is 0 Å². The first kappa shape index (κ1) is 13.7. The second-order valence-electron chi connectivity index (χ2n) is 3.27. The van der Waals surface area contributed by atoms with Crippen molar-refractivity contribution in [1.82, 2.24) is 5.32 Å². The predicted molar refractivity (Wildman–Crippen MR) is 61.2 cm³/mol. The van der Waals surface area contributed by atoms with E-state index in [0.29, 0.717) is 12.3 Å². The molecule has 3 N–H and O–H groups in total. The van der Waals surface area contributed by atoms with Gasteiger partial charge in [0.2, 0.25) is 5.91 Å². The van der Waals surface area contributed by atoms with Gasteiger partial charge in [-0.2, -0.15) is 0 Å². The summed E-state index contributed by atoms with van der Waals surface area (Å²) in [5.74, 6) is 0.464. The summed E-state index contributed by atoms with van der Waals surface area (Å²) in [5, 5.41) is 2.70. The van der Waals surface area contributed by atoms with Crippen LogP contribution < -0.4 is 11.1 Å². The van der Waals surface area contributed by atoms with Crippen LogP contribution in [0.5, 0.6) is 0 Å². The maximum Gasteiger partial charge on any atom is 0.243 e. The van der Waals surface area contributed by atoms with Crippen molar-refractivity contribution in [2.45, 2.75) is 25.3 Å².